The van der Waals surface area contributed by atoms with E-state index in [0.29, 0.717) is 42.9 Å². The summed E-state index contributed by atoms with van der Waals surface area (Å²) in [5, 5.41) is 1.78. The average Bonchev–Trinajstić information content (AvgIpc) is 3.11. The van der Waals surface area contributed by atoms with Crippen molar-refractivity contribution in [3.8, 4) is 0 Å². The molecule has 6 nitrogen and oxygen atoms in total. The number of likely N-dealkylation sites (tertiary alicyclic amines) is 1. The SMILES string of the molecule is CC1CCN(C(=O)C[NH+]2CCN(S(=O)(=O)c3cccs3)CC2)CC1. The minimum absolute atomic E-state index is 0.214. The lowest BCUT2D eigenvalue weighted by atomic mass is 9.99. The molecule has 2 aliphatic rings. The number of nitrogens with one attached hydrogen (secondary N) is 1. The summed E-state index contributed by atoms with van der Waals surface area (Å²) >= 11 is 1.26. The van der Waals surface area contributed by atoms with Crippen LogP contribution in [0.2, 0.25) is 0 Å². The molecule has 2 fully saturated rings. The molecular formula is C16H26N3O3S2+. The summed E-state index contributed by atoms with van der Waals surface area (Å²) in [4.78, 5) is 15.6. The molecule has 3 rings (SSSR count). The topological polar surface area (TPSA) is 62.1 Å². The first-order valence-corrected chi connectivity index (χ1v) is 10.9. The van der Waals surface area contributed by atoms with E-state index >= 15 is 0 Å². The van der Waals surface area contributed by atoms with Crippen molar-refractivity contribution in [2.75, 3.05) is 45.8 Å². The van der Waals surface area contributed by atoms with Crippen LogP contribution >= 0.6 is 11.3 Å². The number of piperidine rings is 1. The smallest absolute Gasteiger partial charge is 0.277 e. The second kappa shape index (κ2) is 7.51. The number of hydrogen-bond donors (Lipinski definition) is 1. The molecule has 1 amide bonds. The highest BCUT2D eigenvalue weighted by Crippen LogP contribution is 2.20. The van der Waals surface area contributed by atoms with Crippen molar-refractivity contribution < 1.29 is 18.1 Å². The van der Waals surface area contributed by atoms with Crippen LogP contribution in [-0.2, 0) is 14.8 Å². The van der Waals surface area contributed by atoms with E-state index in [1.807, 2.05) is 4.90 Å². The third-order valence-corrected chi connectivity index (χ3v) is 8.33. The molecule has 0 bridgehead atoms. The molecule has 0 radical (unpaired) electrons. The van der Waals surface area contributed by atoms with Crippen LogP contribution in [0.4, 0.5) is 0 Å². The van der Waals surface area contributed by atoms with Gasteiger partial charge in [0.2, 0.25) is 0 Å². The molecule has 2 aliphatic heterocycles. The molecule has 24 heavy (non-hydrogen) atoms. The predicted molar refractivity (Wildman–Crippen MR) is 93.6 cm³/mol. The van der Waals surface area contributed by atoms with E-state index in [4.69, 9.17) is 0 Å². The van der Waals surface area contributed by atoms with Gasteiger partial charge in [-0.3, -0.25) is 4.79 Å². The zero-order chi connectivity index (χ0) is 17.2. The second-order valence-corrected chi connectivity index (χ2v) is 9.94. The number of piperazine rings is 1. The Bertz CT molecular complexity index is 644. The molecular weight excluding hydrogens is 346 g/mol. The number of carbonyl (C=O) groups excluding carboxylic acids is 1. The maximum Gasteiger partial charge on any atom is 0.277 e. The third-order valence-electron chi connectivity index (χ3n) is 5.06. The molecule has 1 N–H and O–H groups in total. The zero-order valence-corrected chi connectivity index (χ0v) is 15.7. The van der Waals surface area contributed by atoms with Crippen LogP contribution in [-0.4, -0.2) is 69.3 Å². The van der Waals surface area contributed by atoms with Gasteiger partial charge in [0, 0.05) is 13.1 Å². The first-order valence-electron chi connectivity index (χ1n) is 8.62. The number of hydrogen-bond acceptors (Lipinski definition) is 4. The summed E-state index contributed by atoms with van der Waals surface area (Å²) < 4.78 is 27.0. The summed E-state index contributed by atoms with van der Waals surface area (Å²) in [6.07, 6.45) is 2.18. The lowest BCUT2D eigenvalue weighted by Crippen LogP contribution is -3.15. The van der Waals surface area contributed by atoms with Gasteiger partial charge in [0.1, 0.15) is 4.21 Å². The van der Waals surface area contributed by atoms with E-state index in [0.717, 1.165) is 25.9 Å². The minimum Gasteiger partial charge on any atom is -0.338 e. The van der Waals surface area contributed by atoms with Gasteiger partial charge in [-0.1, -0.05) is 13.0 Å². The van der Waals surface area contributed by atoms with E-state index in [9.17, 15) is 13.2 Å². The van der Waals surface area contributed by atoms with Crippen molar-refractivity contribution in [1.29, 1.82) is 0 Å². The summed E-state index contributed by atoms with van der Waals surface area (Å²) in [6, 6.07) is 3.41. The van der Waals surface area contributed by atoms with Gasteiger partial charge in [-0.05, 0) is 30.2 Å². The molecule has 134 valence electrons. The first-order chi connectivity index (χ1) is 11.5. The van der Waals surface area contributed by atoms with Crippen molar-refractivity contribution >= 4 is 27.3 Å². The van der Waals surface area contributed by atoms with E-state index in [1.165, 1.54) is 16.2 Å². The monoisotopic (exact) mass is 372 g/mol. The molecule has 0 aromatic carbocycles. The number of thiophene rings is 1. The first kappa shape index (κ1) is 17.8. The number of quaternary nitrogens is 1. The average molecular weight is 373 g/mol. The van der Waals surface area contributed by atoms with Crippen molar-refractivity contribution in [1.82, 2.24) is 9.21 Å². The molecule has 0 spiro atoms. The van der Waals surface area contributed by atoms with Gasteiger partial charge >= 0.3 is 0 Å². The Balaban J connectivity index is 1.49. The maximum absolute atomic E-state index is 12.5. The van der Waals surface area contributed by atoms with E-state index in [1.54, 1.807) is 21.8 Å². The Kier molecular flexibility index (Phi) is 5.59. The van der Waals surface area contributed by atoms with Crippen LogP contribution in [0.1, 0.15) is 19.8 Å². The zero-order valence-electron chi connectivity index (χ0n) is 14.1. The van der Waals surface area contributed by atoms with Crippen molar-refractivity contribution in [3.63, 3.8) is 0 Å². The number of carbonyl (C=O) groups is 1. The summed E-state index contributed by atoms with van der Waals surface area (Å²) in [6.45, 7) is 6.82. The lowest BCUT2D eigenvalue weighted by Gasteiger charge is -2.34. The van der Waals surface area contributed by atoms with Crippen LogP contribution in [0.25, 0.3) is 0 Å². The highest BCUT2D eigenvalue weighted by atomic mass is 32.2. The Hall–Kier alpha value is -0.960. The van der Waals surface area contributed by atoms with Crippen LogP contribution in [0, 0.1) is 5.92 Å². The summed E-state index contributed by atoms with van der Waals surface area (Å²) in [5.74, 6) is 0.930. The van der Waals surface area contributed by atoms with Crippen LogP contribution in [0.15, 0.2) is 21.7 Å². The fourth-order valence-electron chi connectivity index (χ4n) is 3.34. The van der Waals surface area contributed by atoms with Gasteiger partial charge in [0.25, 0.3) is 15.9 Å². The normalized spacial score (nSPS) is 22.0. The second-order valence-electron chi connectivity index (χ2n) is 6.83. The maximum atomic E-state index is 12.5. The van der Waals surface area contributed by atoms with Crippen LogP contribution in [0.3, 0.4) is 0 Å². The van der Waals surface area contributed by atoms with E-state index in [2.05, 4.69) is 6.92 Å². The fraction of sp³-hybridized carbons (Fsp3) is 0.688. The number of rotatable bonds is 4. The molecule has 0 saturated carbocycles. The van der Waals surface area contributed by atoms with Gasteiger partial charge < -0.3 is 9.80 Å². The van der Waals surface area contributed by atoms with E-state index in [-0.39, 0.29) is 5.91 Å². The summed E-state index contributed by atoms with van der Waals surface area (Å²) in [5.41, 5.74) is 0. The van der Waals surface area contributed by atoms with Gasteiger partial charge in [0.05, 0.1) is 26.2 Å². The molecule has 3 heterocycles. The van der Waals surface area contributed by atoms with Crippen molar-refractivity contribution in [2.24, 2.45) is 5.92 Å². The molecule has 0 atom stereocenters. The Labute approximate surface area is 148 Å². The number of nitrogens with zero attached hydrogens (tertiary/aromatic N) is 2. The largest absolute Gasteiger partial charge is 0.338 e. The Morgan fingerprint density at radius 1 is 1.25 bits per heavy atom. The standard InChI is InChI=1S/C16H25N3O3S2/c1-14-4-6-18(7-5-14)15(20)13-17-8-10-19(11-9-17)24(21,22)16-3-2-12-23-16/h2-3,12,14H,4-11,13H2,1H3/p+1. The van der Waals surface area contributed by atoms with Gasteiger partial charge in [-0.25, -0.2) is 8.42 Å². The van der Waals surface area contributed by atoms with Gasteiger partial charge in [0.15, 0.2) is 6.54 Å². The van der Waals surface area contributed by atoms with Crippen LogP contribution < -0.4 is 4.90 Å². The highest BCUT2D eigenvalue weighted by molar-refractivity contribution is 7.91. The minimum atomic E-state index is -3.35. The Morgan fingerprint density at radius 3 is 2.50 bits per heavy atom. The third kappa shape index (κ3) is 3.99. The van der Waals surface area contributed by atoms with Crippen molar-refractivity contribution in [3.05, 3.63) is 17.5 Å². The molecule has 2 saturated heterocycles. The van der Waals surface area contributed by atoms with Gasteiger partial charge in [-0.15, -0.1) is 11.3 Å². The molecule has 0 unspecified atom stereocenters. The van der Waals surface area contributed by atoms with Crippen molar-refractivity contribution in [2.45, 2.75) is 24.0 Å². The molecule has 1 aromatic heterocycles. The number of sulfonamides is 1. The van der Waals surface area contributed by atoms with Gasteiger partial charge in [-0.2, -0.15) is 4.31 Å². The predicted octanol–water partition coefficient (Wildman–Crippen LogP) is -0.104. The van der Waals surface area contributed by atoms with E-state index < -0.39 is 10.0 Å². The molecule has 8 heteroatoms. The van der Waals surface area contributed by atoms with Crippen LogP contribution in [0.5, 0.6) is 0 Å². The summed E-state index contributed by atoms with van der Waals surface area (Å²) in [7, 11) is -3.35. The highest BCUT2D eigenvalue weighted by Gasteiger charge is 2.32. The quantitative estimate of drug-likeness (QED) is 0.803. The molecule has 1 aromatic rings. The molecule has 0 aliphatic carbocycles. The fourth-order valence-corrected chi connectivity index (χ4v) is 5.93. The number of amides is 1. The lowest BCUT2D eigenvalue weighted by molar-refractivity contribution is -0.896. The Morgan fingerprint density at radius 2 is 1.92 bits per heavy atom.